The standard InChI is InChI=1S/C38H46Cl2N6O4/c1-37(2,47)23-13-15-45(19-23)21-31-35(49-5)43-29(17-41-31)27-11-7-9-25(33(27)39)26-10-8-12-28(34(26)40)30-18-42-32(36(44-30)50-6)22-46-16-14-24(20-46)38(3,4)48/h7-12,17-18,23-24,47-48H,13-16,19-22H2,1-6H3/t23-,24?/m1/s1. The van der Waals surface area contributed by atoms with Gasteiger partial charge in [-0.25, -0.2) is 9.97 Å². The van der Waals surface area contributed by atoms with Crippen LogP contribution in [0.5, 0.6) is 11.8 Å². The van der Waals surface area contributed by atoms with Crippen LogP contribution in [0.25, 0.3) is 33.6 Å². The molecule has 266 valence electrons. The summed E-state index contributed by atoms with van der Waals surface area (Å²) in [4.78, 5) is 23.6. The van der Waals surface area contributed by atoms with Crippen molar-refractivity contribution < 1.29 is 19.7 Å². The minimum atomic E-state index is -0.721. The van der Waals surface area contributed by atoms with E-state index in [4.69, 9.17) is 52.6 Å². The van der Waals surface area contributed by atoms with Crippen LogP contribution < -0.4 is 9.47 Å². The summed E-state index contributed by atoms with van der Waals surface area (Å²) in [5, 5.41) is 21.9. The van der Waals surface area contributed by atoms with Gasteiger partial charge >= 0.3 is 0 Å². The fraction of sp³-hybridized carbons (Fsp3) is 0.474. The first kappa shape index (κ1) is 36.4. The Morgan fingerprint density at radius 3 is 1.40 bits per heavy atom. The first-order valence-electron chi connectivity index (χ1n) is 17.0. The molecule has 0 bridgehead atoms. The van der Waals surface area contributed by atoms with E-state index in [0.717, 1.165) is 61.5 Å². The van der Waals surface area contributed by atoms with Gasteiger partial charge in [0.05, 0.1) is 59.2 Å². The van der Waals surface area contributed by atoms with E-state index in [1.165, 1.54) is 0 Å². The van der Waals surface area contributed by atoms with Crippen molar-refractivity contribution in [1.29, 1.82) is 0 Å². The number of hydrogen-bond acceptors (Lipinski definition) is 10. The summed E-state index contributed by atoms with van der Waals surface area (Å²) >= 11 is 14.2. The van der Waals surface area contributed by atoms with Crippen molar-refractivity contribution in [2.24, 2.45) is 11.8 Å². The van der Waals surface area contributed by atoms with Crippen molar-refractivity contribution in [2.45, 2.75) is 64.8 Å². The van der Waals surface area contributed by atoms with Crippen LogP contribution in [-0.2, 0) is 13.1 Å². The minimum absolute atomic E-state index is 0.204. The number of aliphatic hydroxyl groups is 2. The third kappa shape index (κ3) is 7.76. The highest BCUT2D eigenvalue weighted by molar-refractivity contribution is 6.39. The molecular weight excluding hydrogens is 675 g/mol. The molecule has 50 heavy (non-hydrogen) atoms. The quantitative estimate of drug-likeness (QED) is 0.172. The smallest absolute Gasteiger partial charge is 0.237 e. The zero-order chi connectivity index (χ0) is 35.8. The van der Waals surface area contributed by atoms with Gasteiger partial charge in [0, 0.05) is 60.3 Å². The topological polar surface area (TPSA) is 117 Å². The lowest BCUT2D eigenvalue weighted by Crippen LogP contribution is -2.33. The van der Waals surface area contributed by atoms with E-state index in [2.05, 4.69) is 9.80 Å². The summed E-state index contributed by atoms with van der Waals surface area (Å²) in [6, 6.07) is 11.5. The van der Waals surface area contributed by atoms with Crippen LogP contribution >= 0.6 is 23.2 Å². The van der Waals surface area contributed by atoms with Gasteiger partial charge in [0.15, 0.2) is 0 Å². The molecule has 2 fully saturated rings. The second kappa shape index (κ2) is 14.7. The van der Waals surface area contributed by atoms with Crippen LogP contribution in [0.1, 0.15) is 51.9 Å². The van der Waals surface area contributed by atoms with Crippen LogP contribution in [0, 0.1) is 11.8 Å². The fourth-order valence-corrected chi connectivity index (χ4v) is 7.65. The van der Waals surface area contributed by atoms with E-state index in [0.29, 0.717) is 57.4 Å². The Kier molecular flexibility index (Phi) is 10.7. The lowest BCUT2D eigenvalue weighted by atomic mass is 9.90. The molecule has 2 aliphatic rings. The summed E-state index contributed by atoms with van der Waals surface area (Å²) < 4.78 is 11.4. The maximum Gasteiger partial charge on any atom is 0.237 e. The third-order valence-electron chi connectivity index (χ3n) is 10.1. The molecule has 4 aromatic rings. The molecule has 2 aliphatic heterocycles. The van der Waals surface area contributed by atoms with Gasteiger partial charge in [0.25, 0.3) is 0 Å². The van der Waals surface area contributed by atoms with E-state index < -0.39 is 11.2 Å². The van der Waals surface area contributed by atoms with Gasteiger partial charge < -0.3 is 19.7 Å². The molecule has 2 saturated heterocycles. The second-order valence-corrected chi connectivity index (χ2v) is 15.3. The lowest BCUT2D eigenvalue weighted by molar-refractivity contribution is 0.0202. The van der Waals surface area contributed by atoms with Gasteiger partial charge in [0.2, 0.25) is 11.8 Å². The zero-order valence-corrected chi connectivity index (χ0v) is 31.1. The van der Waals surface area contributed by atoms with E-state index in [-0.39, 0.29) is 11.8 Å². The number of halogens is 2. The molecule has 1 unspecified atom stereocenters. The average molecular weight is 722 g/mol. The number of benzene rings is 2. The summed E-state index contributed by atoms with van der Waals surface area (Å²) in [5.74, 6) is 1.28. The number of rotatable bonds is 11. The highest BCUT2D eigenvalue weighted by Crippen LogP contribution is 2.42. The van der Waals surface area contributed by atoms with Crippen molar-refractivity contribution in [3.05, 3.63) is 70.2 Å². The Hall–Kier alpha value is -3.38. The molecule has 2 N–H and O–H groups in total. The molecule has 0 aliphatic carbocycles. The maximum atomic E-state index is 10.5. The van der Waals surface area contributed by atoms with E-state index >= 15 is 0 Å². The SMILES string of the molecule is COc1nc(-c2cccc(-c3cccc(-c4cnc(CN5CC[C@@H](C(C)(C)O)C5)c(OC)n4)c3Cl)c2Cl)cnc1CN1CCC(C(C)(C)O)C1. The van der Waals surface area contributed by atoms with Gasteiger partial charge in [-0.1, -0.05) is 59.6 Å². The third-order valence-corrected chi connectivity index (χ3v) is 11.0. The first-order chi connectivity index (χ1) is 23.8. The van der Waals surface area contributed by atoms with Crippen molar-refractivity contribution >= 4 is 23.2 Å². The highest BCUT2D eigenvalue weighted by atomic mass is 35.5. The van der Waals surface area contributed by atoms with E-state index in [9.17, 15) is 10.2 Å². The summed E-state index contributed by atoms with van der Waals surface area (Å²) in [6.45, 7) is 11.9. The van der Waals surface area contributed by atoms with E-state index in [1.54, 1.807) is 26.6 Å². The fourth-order valence-electron chi connectivity index (χ4n) is 7.00. The van der Waals surface area contributed by atoms with E-state index in [1.807, 2.05) is 64.1 Å². The summed E-state index contributed by atoms with van der Waals surface area (Å²) in [5.41, 5.74) is 4.06. The van der Waals surface area contributed by atoms with Crippen molar-refractivity contribution in [2.75, 3.05) is 40.4 Å². The summed E-state index contributed by atoms with van der Waals surface area (Å²) in [6.07, 6.45) is 5.30. The largest absolute Gasteiger partial charge is 0.480 e. The number of aromatic nitrogens is 4. The molecule has 10 nitrogen and oxygen atoms in total. The van der Waals surface area contributed by atoms with Crippen LogP contribution in [0.15, 0.2) is 48.8 Å². The molecule has 0 spiro atoms. The van der Waals surface area contributed by atoms with Gasteiger partial charge in [-0.05, 0) is 53.6 Å². The van der Waals surface area contributed by atoms with Crippen molar-refractivity contribution in [3.63, 3.8) is 0 Å². The number of nitrogens with zero attached hydrogens (tertiary/aromatic N) is 6. The minimum Gasteiger partial charge on any atom is -0.480 e. The molecule has 0 radical (unpaired) electrons. The Bertz CT molecular complexity index is 1710. The predicted octanol–water partition coefficient (Wildman–Crippen LogP) is 6.78. The van der Waals surface area contributed by atoms with Crippen LogP contribution in [-0.4, -0.2) is 91.5 Å². The molecule has 2 aromatic carbocycles. The number of methoxy groups -OCH3 is 2. The number of hydrogen-bond donors (Lipinski definition) is 2. The molecule has 12 heteroatoms. The zero-order valence-electron chi connectivity index (χ0n) is 29.6. The second-order valence-electron chi connectivity index (χ2n) is 14.5. The summed E-state index contributed by atoms with van der Waals surface area (Å²) in [7, 11) is 3.18. The van der Waals surface area contributed by atoms with Crippen LogP contribution in [0.3, 0.4) is 0 Å². The highest BCUT2D eigenvalue weighted by Gasteiger charge is 2.35. The van der Waals surface area contributed by atoms with Crippen LogP contribution in [0.4, 0.5) is 0 Å². The van der Waals surface area contributed by atoms with Gasteiger partial charge in [-0.15, -0.1) is 0 Å². The molecule has 4 heterocycles. The van der Waals surface area contributed by atoms with Gasteiger partial charge in [-0.2, -0.15) is 0 Å². The Morgan fingerprint density at radius 2 is 1.06 bits per heavy atom. The van der Waals surface area contributed by atoms with Crippen LogP contribution in [0.2, 0.25) is 10.0 Å². The number of likely N-dealkylation sites (tertiary alicyclic amines) is 2. The molecular formula is C38H46Cl2N6O4. The number of ether oxygens (including phenoxy) is 2. The van der Waals surface area contributed by atoms with Gasteiger partial charge in [0.1, 0.15) is 11.4 Å². The maximum absolute atomic E-state index is 10.5. The normalized spacial score (nSPS) is 18.9. The monoisotopic (exact) mass is 720 g/mol. The van der Waals surface area contributed by atoms with Crippen molar-refractivity contribution in [1.82, 2.24) is 29.7 Å². The molecule has 0 amide bonds. The average Bonchev–Trinajstić information content (AvgIpc) is 3.76. The predicted molar refractivity (Wildman–Crippen MR) is 196 cm³/mol. The Balaban J connectivity index is 1.24. The molecule has 2 aromatic heterocycles. The molecule has 2 atom stereocenters. The Morgan fingerprint density at radius 1 is 0.680 bits per heavy atom. The Labute approximate surface area is 304 Å². The van der Waals surface area contributed by atoms with Crippen molar-refractivity contribution in [3.8, 4) is 45.4 Å². The first-order valence-corrected chi connectivity index (χ1v) is 17.8. The molecule has 6 rings (SSSR count). The molecule has 0 saturated carbocycles. The lowest BCUT2D eigenvalue weighted by Gasteiger charge is -2.25. The van der Waals surface area contributed by atoms with Gasteiger partial charge in [-0.3, -0.25) is 19.8 Å².